The van der Waals surface area contributed by atoms with Gasteiger partial charge in [-0.15, -0.1) is 5.75 Å². The molecule has 0 aliphatic heterocycles. The van der Waals surface area contributed by atoms with E-state index in [0.717, 1.165) is 15.9 Å². The van der Waals surface area contributed by atoms with Gasteiger partial charge in [-0.3, -0.25) is 4.79 Å². The van der Waals surface area contributed by atoms with Gasteiger partial charge in [0.25, 0.3) is 5.97 Å². The number of carbonyl (C=O) groups is 1. The molecule has 72 valence electrons. The van der Waals surface area contributed by atoms with Gasteiger partial charge in [0.1, 0.15) is 0 Å². The fourth-order valence-corrected chi connectivity index (χ4v) is 1.08. The molecule has 0 heterocycles. The number of rotatable bonds is 0. The molecule has 1 rings (SSSR count). The third kappa shape index (κ3) is 9.63. The summed E-state index contributed by atoms with van der Waals surface area (Å²) in [5.74, 6) is -0.815. The monoisotopic (exact) mass is 348 g/mol. The summed E-state index contributed by atoms with van der Waals surface area (Å²) < 4.78 is 1.71. The summed E-state index contributed by atoms with van der Waals surface area (Å²) >= 11 is 6.44. The molecule has 0 radical (unpaired) electrons. The Bertz CT molecular complexity index is 301. The summed E-state index contributed by atoms with van der Waals surface area (Å²) in [4.78, 5) is 9.00. The van der Waals surface area contributed by atoms with Crippen molar-refractivity contribution in [3.63, 3.8) is 0 Å². The zero-order chi connectivity index (χ0) is 10.4. The SMILES string of the molecule is CC(=O)O.[K+].[O-]c1ccc(Br)c(Br)c1. The van der Waals surface area contributed by atoms with Gasteiger partial charge in [-0.1, -0.05) is 12.1 Å². The molecule has 0 fully saturated rings. The molecule has 3 nitrogen and oxygen atoms in total. The number of benzene rings is 1. The summed E-state index contributed by atoms with van der Waals surface area (Å²) in [6, 6.07) is 4.74. The molecule has 0 unspecified atom stereocenters. The van der Waals surface area contributed by atoms with E-state index in [1.54, 1.807) is 6.07 Å². The zero-order valence-corrected chi connectivity index (χ0v) is 14.0. The first kappa shape index (κ1) is 17.5. The van der Waals surface area contributed by atoms with Crippen molar-refractivity contribution in [3.05, 3.63) is 27.1 Å². The van der Waals surface area contributed by atoms with Gasteiger partial charge in [-0.2, -0.15) is 0 Å². The van der Waals surface area contributed by atoms with Crippen LogP contribution in [0.25, 0.3) is 0 Å². The smallest absolute Gasteiger partial charge is 0.872 e. The number of carboxylic acids is 1. The van der Waals surface area contributed by atoms with Gasteiger partial charge >= 0.3 is 51.4 Å². The quantitative estimate of drug-likeness (QED) is 0.635. The van der Waals surface area contributed by atoms with E-state index in [9.17, 15) is 5.11 Å². The Morgan fingerprint density at radius 2 is 1.79 bits per heavy atom. The molecule has 1 aromatic rings. The maximum atomic E-state index is 10.6. The number of hydrogen-bond donors (Lipinski definition) is 1. The summed E-state index contributed by atoms with van der Waals surface area (Å²) in [7, 11) is 0. The van der Waals surface area contributed by atoms with E-state index in [2.05, 4.69) is 31.9 Å². The van der Waals surface area contributed by atoms with Crippen LogP contribution in [0.4, 0.5) is 0 Å². The fraction of sp³-hybridized carbons (Fsp3) is 0.125. The average Bonchev–Trinajstić information content (AvgIpc) is 1.96. The molecule has 0 saturated heterocycles. The summed E-state index contributed by atoms with van der Waals surface area (Å²) in [6.07, 6.45) is 0. The minimum atomic E-state index is -0.833. The molecule has 0 spiro atoms. The van der Waals surface area contributed by atoms with Crippen molar-refractivity contribution >= 4 is 37.8 Å². The molecule has 1 aromatic carbocycles. The van der Waals surface area contributed by atoms with Gasteiger partial charge in [0.05, 0.1) is 0 Å². The van der Waals surface area contributed by atoms with Crippen LogP contribution in [0.15, 0.2) is 27.1 Å². The molecule has 14 heavy (non-hydrogen) atoms. The fourth-order valence-electron chi connectivity index (χ4n) is 0.477. The van der Waals surface area contributed by atoms with E-state index in [1.807, 2.05) is 0 Å². The summed E-state index contributed by atoms with van der Waals surface area (Å²) in [5.41, 5.74) is 0. The van der Waals surface area contributed by atoms with E-state index in [4.69, 9.17) is 9.90 Å². The number of carboxylic acid groups (broad SMARTS) is 1. The molecule has 0 aliphatic rings. The third-order valence-electron chi connectivity index (χ3n) is 0.891. The van der Waals surface area contributed by atoms with Crippen molar-refractivity contribution in [2.24, 2.45) is 0 Å². The van der Waals surface area contributed by atoms with Crippen molar-refractivity contribution in [3.8, 4) is 5.75 Å². The van der Waals surface area contributed by atoms with Gasteiger partial charge in [0.2, 0.25) is 0 Å². The molecule has 0 aromatic heterocycles. The van der Waals surface area contributed by atoms with Gasteiger partial charge in [-0.05, 0) is 37.9 Å². The van der Waals surface area contributed by atoms with E-state index in [-0.39, 0.29) is 57.1 Å². The Hall–Kier alpha value is 1.09. The van der Waals surface area contributed by atoms with Crippen LogP contribution in [0.1, 0.15) is 6.92 Å². The van der Waals surface area contributed by atoms with Crippen LogP contribution in [0.2, 0.25) is 0 Å². The second kappa shape index (κ2) is 9.32. The van der Waals surface area contributed by atoms with Crippen molar-refractivity contribution < 1.29 is 66.4 Å². The Kier molecular flexibility index (Phi) is 11.6. The van der Waals surface area contributed by atoms with Crippen LogP contribution in [-0.2, 0) is 4.79 Å². The molecule has 0 saturated carbocycles. The first-order chi connectivity index (χ1) is 5.93. The maximum absolute atomic E-state index is 10.6. The van der Waals surface area contributed by atoms with Crippen molar-refractivity contribution in [2.75, 3.05) is 0 Å². The second-order valence-electron chi connectivity index (χ2n) is 2.09. The van der Waals surface area contributed by atoms with Crippen LogP contribution in [0.5, 0.6) is 5.75 Å². The average molecular weight is 350 g/mol. The Labute approximate surface area is 142 Å². The first-order valence-electron chi connectivity index (χ1n) is 3.25. The van der Waals surface area contributed by atoms with E-state index < -0.39 is 5.97 Å². The van der Waals surface area contributed by atoms with Gasteiger partial charge < -0.3 is 10.2 Å². The van der Waals surface area contributed by atoms with E-state index in [1.165, 1.54) is 12.1 Å². The van der Waals surface area contributed by atoms with Gasteiger partial charge in [0.15, 0.2) is 0 Å². The van der Waals surface area contributed by atoms with Crippen molar-refractivity contribution in [2.45, 2.75) is 6.92 Å². The third-order valence-corrected chi connectivity index (χ3v) is 2.77. The van der Waals surface area contributed by atoms with Crippen LogP contribution in [0, 0.1) is 0 Å². The normalized spacial score (nSPS) is 7.93. The largest absolute Gasteiger partial charge is 1.00 e. The Balaban J connectivity index is 0. The molecular formula is C8H7Br2KO3. The minimum absolute atomic E-state index is 0. The zero-order valence-electron chi connectivity index (χ0n) is 7.75. The molecule has 1 N–H and O–H groups in total. The number of halogens is 2. The van der Waals surface area contributed by atoms with Crippen LogP contribution in [-0.4, -0.2) is 11.1 Å². The van der Waals surface area contributed by atoms with E-state index >= 15 is 0 Å². The Morgan fingerprint density at radius 1 is 1.36 bits per heavy atom. The van der Waals surface area contributed by atoms with E-state index in [0.29, 0.717) is 0 Å². The standard InChI is InChI=1S/C6H4Br2O.C2H4O2.K/c7-5-2-1-4(9)3-6(5)8;1-2(3)4;/h1-3,9H;1H3,(H,3,4);/q;;+1/p-1. The molecule has 0 amide bonds. The molecular weight excluding hydrogens is 343 g/mol. The van der Waals surface area contributed by atoms with Crippen LogP contribution < -0.4 is 56.5 Å². The molecule has 6 heteroatoms. The summed E-state index contributed by atoms with van der Waals surface area (Å²) in [5, 5.41) is 18.0. The van der Waals surface area contributed by atoms with Crippen molar-refractivity contribution in [1.29, 1.82) is 0 Å². The number of hydrogen-bond acceptors (Lipinski definition) is 2. The van der Waals surface area contributed by atoms with Crippen molar-refractivity contribution in [1.82, 2.24) is 0 Å². The predicted octanol–water partition coefficient (Wildman–Crippen LogP) is -0.620. The molecule has 0 atom stereocenters. The Morgan fingerprint density at radius 3 is 2.07 bits per heavy atom. The maximum Gasteiger partial charge on any atom is 1.00 e. The topological polar surface area (TPSA) is 60.4 Å². The van der Waals surface area contributed by atoms with Gasteiger partial charge in [0, 0.05) is 15.9 Å². The minimum Gasteiger partial charge on any atom is -0.872 e. The number of aliphatic carboxylic acids is 1. The predicted molar refractivity (Wildman–Crippen MR) is 54.6 cm³/mol. The molecule has 0 aliphatic carbocycles. The van der Waals surface area contributed by atoms with Crippen LogP contribution >= 0.6 is 31.9 Å². The summed E-state index contributed by atoms with van der Waals surface area (Å²) in [6.45, 7) is 1.08. The van der Waals surface area contributed by atoms with Crippen LogP contribution in [0.3, 0.4) is 0 Å². The molecule has 0 bridgehead atoms. The second-order valence-corrected chi connectivity index (χ2v) is 3.80. The van der Waals surface area contributed by atoms with Gasteiger partial charge in [-0.25, -0.2) is 0 Å². The first-order valence-corrected chi connectivity index (χ1v) is 4.83.